The highest BCUT2D eigenvalue weighted by Crippen LogP contribution is 2.24. The van der Waals surface area contributed by atoms with Crippen molar-refractivity contribution in [1.29, 1.82) is 0 Å². The third-order valence-electron chi connectivity index (χ3n) is 3.93. The number of nitrogens with one attached hydrogen (secondary N) is 1. The summed E-state index contributed by atoms with van der Waals surface area (Å²) in [5, 5.41) is 3.69. The number of hydrogen-bond donors (Lipinski definition) is 1. The average Bonchev–Trinajstić information content (AvgIpc) is 3.00. The second-order valence-electron chi connectivity index (χ2n) is 5.26. The van der Waals surface area contributed by atoms with Crippen LogP contribution in [0.3, 0.4) is 0 Å². The van der Waals surface area contributed by atoms with E-state index in [4.69, 9.17) is 0 Å². The summed E-state index contributed by atoms with van der Waals surface area (Å²) in [7, 11) is 0. The second kappa shape index (κ2) is 5.98. The molecule has 0 aliphatic heterocycles. The molecule has 1 aliphatic rings. The first kappa shape index (κ1) is 12.4. The van der Waals surface area contributed by atoms with E-state index >= 15 is 0 Å². The summed E-state index contributed by atoms with van der Waals surface area (Å²) < 4.78 is 0. The van der Waals surface area contributed by atoms with Gasteiger partial charge in [-0.3, -0.25) is 4.98 Å². The maximum Gasteiger partial charge on any atom is 0.0346 e. The van der Waals surface area contributed by atoms with E-state index in [2.05, 4.69) is 40.6 Å². The number of rotatable bonds is 4. The summed E-state index contributed by atoms with van der Waals surface area (Å²) in [6.07, 6.45) is 9.17. The molecule has 1 aliphatic carbocycles. The fourth-order valence-corrected chi connectivity index (χ4v) is 2.86. The topological polar surface area (TPSA) is 24.9 Å². The molecule has 0 amide bonds. The van der Waals surface area contributed by atoms with Crippen LogP contribution in [0.5, 0.6) is 0 Å². The zero-order valence-corrected chi connectivity index (χ0v) is 11.2. The van der Waals surface area contributed by atoms with Crippen LogP contribution in [-0.4, -0.2) is 11.0 Å². The fourth-order valence-electron chi connectivity index (χ4n) is 2.86. The molecule has 0 spiro atoms. The van der Waals surface area contributed by atoms with Crippen LogP contribution in [0.2, 0.25) is 0 Å². The minimum absolute atomic E-state index is 0.710. The quantitative estimate of drug-likeness (QED) is 0.895. The first-order chi connectivity index (χ1) is 9.43. The minimum atomic E-state index is 0.710. The van der Waals surface area contributed by atoms with Gasteiger partial charge in [-0.1, -0.05) is 43.2 Å². The van der Waals surface area contributed by atoms with Gasteiger partial charge in [0.05, 0.1) is 0 Å². The molecule has 0 bridgehead atoms. The Morgan fingerprint density at radius 3 is 2.68 bits per heavy atom. The van der Waals surface area contributed by atoms with Crippen molar-refractivity contribution in [1.82, 2.24) is 10.3 Å². The molecule has 19 heavy (non-hydrogen) atoms. The minimum Gasteiger partial charge on any atom is -0.310 e. The summed E-state index contributed by atoms with van der Waals surface area (Å²) in [6.45, 7) is 0.954. The highest BCUT2D eigenvalue weighted by atomic mass is 14.9. The number of hydrogen-bond acceptors (Lipinski definition) is 2. The Hall–Kier alpha value is -1.67. The van der Waals surface area contributed by atoms with Crippen molar-refractivity contribution in [3.63, 3.8) is 0 Å². The summed E-state index contributed by atoms with van der Waals surface area (Å²) >= 11 is 0. The van der Waals surface area contributed by atoms with Gasteiger partial charge < -0.3 is 5.32 Å². The van der Waals surface area contributed by atoms with Gasteiger partial charge in [0.2, 0.25) is 0 Å². The van der Waals surface area contributed by atoms with Gasteiger partial charge in [-0.05, 0) is 30.0 Å². The molecular formula is C17H20N2. The molecular weight excluding hydrogens is 232 g/mol. The highest BCUT2D eigenvalue weighted by Gasteiger charge is 2.14. The molecule has 0 saturated heterocycles. The molecule has 3 rings (SSSR count). The van der Waals surface area contributed by atoms with E-state index in [-0.39, 0.29) is 0 Å². The third-order valence-corrected chi connectivity index (χ3v) is 3.93. The van der Waals surface area contributed by atoms with E-state index in [1.165, 1.54) is 42.4 Å². The molecule has 0 unspecified atom stereocenters. The highest BCUT2D eigenvalue weighted by molar-refractivity contribution is 5.66. The first-order valence-electron chi connectivity index (χ1n) is 7.15. The number of pyridine rings is 1. The standard InChI is InChI=1S/C17H20N2/c1-4-10-17(14-7-5-11-18-12-14)15(6-1)13-19-16-8-2-3-9-16/h1,4-7,10-12,16,19H,2-3,8-9,13H2. The SMILES string of the molecule is c1cncc(-c2ccccc2CNC2CCCC2)c1. The Balaban J connectivity index is 1.77. The average molecular weight is 252 g/mol. The lowest BCUT2D eigenvalue weighted by molar-refractivity contribution is 0.524. The molecule has 1 N–H and O–H groups in total. The number of benzene rings is 1. The molecule has 0 radical (unpaired) electrons. The van der Waals surface area contributed by atoms with Gasteiger partial charge in [0.1, 0.15) is 0 Å². The maximum atomic E-state index is 4.22. The van der Waals surface area contributed by atoms with E-state index < -0.39 is 0 Å². The third kappa shape index (κ3) is 3.02. The van der Waals surface area contributed by atoms with E-state index in [1.807, 2.05) is 18.5 Å². The van der Waals surface area contributed by atoms with E-state index in [0.29, 0.717) is 6.04 Å². The number of aromatic nitrogens is 1. The van der Waals surface area contributed by atoms with E-state index in [0.717, 1.165) is 6.54 Å². The molecule has 98 valence electrons. The predicted octanol–water partition coefficient (Wildman–Crippen LogP) is 3.78. The molecule has 1 heterocycles. The van der Waals surface area contributed by atoms with Crippen molar-refractivity contribution in [2.45, 2.75) is 38.3 Å². The summed E-state index contributed by atoms with van der Waals surface area (Å²) in [5.74, 6) is 0. The van der Waals surface area contributed by atoms with Gasteiger partial charge in [-0.25, -0.2) is 0 Å². The van der Waals surface area contributed by atoms with Crippen molar-refractivity contribution in [2.75, 3.05) is 0 Å². The molecule has 1 aromatic heterocycles. The van der Waals surface area contributed by atoms with Crippen molar-refractivity contribution in [3.8, 4) is 11.1 Å². The summed E-state index contributed by atoms with van der Waals surface area (Å²) in [5.41, 5.74) is 3.86. The van der Waals surface area contributed by atoms with Gasteiger partial charge in [-0.2, -0.15) is 0 Å². The van der Waals surface area contributed by atoms with Crippen LogP contribution in [0.4, 0.5) is 0 Å². The summed E-state index contributed by atoms with van der Waals surface area (Å²) in [6, 6.07) is 13.4. The van der Waals surface area contributed by atoms with Gasteiger partial charge in [0, 0.05) is 30.5 Å². The van der Waals surface area contributed by atoms with E-state index in [9.17, 15) is 0 Å². The normalized spacial score (nSPS) is 15.8. The lowest BCUT2D eigenvalue weighted by atomic mass is 10.0. The largest absolute Gasteiger partial charge is 0.310 e. The van der Waals surface area contributed by atoms with Gasteiger partial charge in [0.25, 0.3) is 0 Å². The Bertz CT molecular complexity index is 516. The molecule has 0 atom stereocenters. The smallest absolute Gasteiger partial charge is 0.0346 e. The lowest BCUT2D eigenvalue weighted by Gasteiger charge is -2.14. The van der Waals surface area contributed by atoms with E-state index in [1.54, 1.807) is 0 Å². The molecule has 2 nitrogen and oxygen atoms in total. The maximum absolute atomic E-state index is 4.22. The second-order valence-corrected chi connectivity index (χ2v) is 5.26. The monoisotopic (exact) mass is 252 g/mol. The van der Waals surface area contributed by atoms with Crippen molar-refractivity contribution < 1.29 is 0 Å². The summed E-state index contributed by atoms with van der Waals surface area (Å²) in [4.78, 5) is 4.22. The molecule has 1 saturated carbocycles. The van der Waals surface area contributed by atoms with Crippen LogP contribution in [0, 0.1) is 0 Å². The zero-order valence-electron chi connectivity index (χ0n) is 11.2. The molecule has 1 aromatic carbocycles. The van der Waals surface area contributed by atoms with Crippen LogP contribution in [-0.2, 0) is 6.54 Å². The lowest BCUT2D eigenvalue weighted by Crippen LogP contribution is -2.25. The van der Waals surface area contributed by atoms with Crippen LogP contribution in [0.25, 0.3) is 11.1 Å². The van der Waals surface area contributed by atoms with Gasteiger partial charge in [0.15, 0.2) is 0 Å². The van der Waals surface area contributed by atoms with Gasteiger partial charge >= 0.3 is 0 Å². The zero-order chi connectivity index (χ0) is 12.9. The molecule has 1 fully saturated rings. The predicted molar refractivity (Wildman–Crippen MR) is 78.8 cm³/mol. The Morgan fingerprint density at radius 2 is 1.89 bits per heavy atom. The Kier molecular flexibility index (Phi) is 3.89. The van der Waals surface area contributed by atoms with Crippen LogP contribution in [0.1, 0.15) is 31.2 Å². The molecule has 2 aromatic rings. The fraction of sp³-hybridized carbons (Fsp3) is 0.353. The van der Waals surface area contributed by atoms with Crippen LogP contribution >= 0.6 is 0 Å². The van der Waals surface area contributed by atoms with Crippen molar-refractivity contribution >= 4 is 0 Å². The first-order valence-corrected chi connectivity index (χ1v) is 7.15. The van der Waals surface area contributed by atoms with Crippen molar-refractivity contribution in [2.24, 2.45) is 0 Å². The van der Waals surface area contributed by atoms with Crippen molar-refractivity contribution in [3.05, 3.63) is 54.4 Å². The number of nitrogens with zero attached hydrogens (tertiary/aromatic N) is 1. The van der Waals surface area contributed by atoms with Gasteiger partial charge in [-0.15, -0.1) is 0 Å². The van der Waals surface area contributed by atoms with Crippen LogP contribution in [0.15, 0.2) is 48.8 Å². The van der Waals surface area contributed by atoms with Crippen LogP contribution < -0.4 is 5.32 Å². The molecule has 2 heteroatoms. The Morgan fingerprint density at radius 1 is 1.05 bits per heavy atom. The Labute approximate surface area is 114 Å².